The third-order valence-corrected chi connectivity index (χ3v) is 3.45. The van der Waals surface area contributed by atoms with E-state index in [-0.39, 0.29) is 0 Å². The summed E-state index contributed by atoms with van der Waals surface area (Å²) < 4.78 is 5.27. The molecular weight excluding hydrogens is 256 g/mol. The topological polar surface area (TPSA) is 76.2 Å². The van der Waals surface area contributed by atoms with E-state index in [0.29, 0.717) is 12.2 Å². The smallest absolute Gasteiger partial charge is 0.306 e. The summed E-state index contributed by atoms with van der Waals surface area (Å²) >= 11 is 0. The molecule has 0 spiro atoms. The maximum Gasteiger partial charge on any atom is 0.306 e. The molecule has 0 fully saturated rings. The van der Waals surface area contributed by atoms with Crippen molar-refractivity contribution in [3.05, 3.63) is 35.0 Å². The molecule has 106 valence electrons. The lowest BCUT2D eigenvalue weighted by Gasteiger charge is -2.12. The number of furan rings is 1. The number of aliphatic carboxylic acids is 1. The molecule has 2 heterocycles. The predicted molar refractivity (Wildman–Crippen MR) is 74.4 cm³/mol. The lowest BCUT2D eigenvalue weighted by atomic mass is 9.99. The van der Waals surface area contributed by atoms with Crippen LogP contribution in [0.15, 0.2) is 16.7 Å². The second-order valence-corrected chi connectivity index (χ2v) is 5.03. The van der Waals surface area contributed by atoms with Gasteiger partial charge in [-0.1, -0.05) is 6.92 Å². The van der Waals surface area contributed by atoms with Gasteiger partial charge in [-0.25, -0.2) is 9.97 Å². The van der Waals surface area contributed by atoms with Gasteiger partial charge in [-0.2, -0.15) is 0 Å². The summed E-state index contributed by atoms with van der Waals surface area (Å²) in [6, 6.07) is 1.84. The molecule has 5 nitrogen and oxygen atoms in total. The number of carbonyl (C=O) groups is 1. The molecule has 0 saturated heterocycles. The number of hydrogen-bond donors (Lipinski definition) is 1. The van der Waals surface area contributed by atoms with Gasteiger partial charge in [0.1, 0.15) is 5.76 Å². The van der Waals surface area contributed by atoms with Crippen LogP contribution in [-0.4, -0.2) is 21.0 Å². The van der Waals surface area contributed by atoms with Crippen LogP contribution < -0.4 is 0 Å². The van der Waals surface area contributed by atoms with Gasteiger partial charge in [-0.15, -0.1) is 0 Å². The minimum atomic E-state index is -0.807. The van der Waals surface area contributed by atoms with Crippen molar-refractivity contribution in [2.75, 3.05) is 0 Å². The zero-order valence-electron chi connectivity index (χ0n) is 12.1. The van der Waals surface area contributed by atoms with E-state index in [2.05, 4.69) is 9.97 Å². The van der Waals surface area contributed by atoms with Crippen LogP contribution in [0.3, 0.4) is 0 Å². The van der Waals surface area contributed by atoms with E-state index in [1.165, 1.54) is 0 Å². The first kappa shape index (κ1) is 14.2. The van der Waals surface area contributed by atoms with Crippen molar-refractivity contribution in [1.29, 1.82) is 0 Å². The van der Waals surface area contributed by atoms with Crippen LogP contribution in [0.5, 0.6) is 0 Å². The van der Waals surface area contributed by atoms with Crippen LogP contribution >= 0.6 is 0 Å². The van der Waals surface area contributed by atoms with Crippen molar-refractivity contribution in [2.24, 2.45) is 5.92 Å². The Morgan fingerprint density at radius 1 is 1.30 bits per heavy atom. The molecule has 0 aliphatic carbocycles. The summed E-state index contributed by atoms with van der Waals surface area (Å²) in [4.78, 5) is 19.9. The highest BCUT2D eigenvalue weighted by Crippen LogP contribution is 2.24. The summed E-state index contributed by atoms with van der Waals surface area (Å²) in [5.41, 5.74) is 3.42. The Labute approximate surface area is 117 Å². The van der Waals surface area contributed by atoms with E-state index in [1.807, 2.05) is 26.8 Å². The van der Waals surface area contributed by atoms with Crippen molar-refractivity contribution in [3.63, 3.8) is 0 Å². The maximum absolute atomic E-state index is 11.0. The third kappa shape index (κ3) is 2.71. The minimum Gasteiger partial charge on any atom is -0.481 e. The Kier molecular flexibility index (Phi) is 3.88. The molecule has 5 heteroatoms. The molecule has 0 saturated carbocycles. The number of rotatable bonds is 4. The Balaban J connectivity index is 2.39. The summed E-state index contributed by atoms with van der Waals surface area (Å²) in [5.74, 6) is 0.143. The van der Waals surface area contributed by atoms with Gasteiger partial charge in [0.25, 0.3) is 0 Å². The number of nitrogens with zero attached hydrogens (tertiary/aromatic N) is 2. The number of carboxylic acid groups (broad SMARTS) is 1. The number of carboxylic acids is 1. The van der Waals surface area contributed by atoms with E-state index in [0.717, 1.165) is 28.3 Å². The van der Waals surface area contributed by atoms with E-state index in [1.54, 1.807) is 13.2 Å². The van der Waals surface area contributed by atoms with E-state index in [9.17, 15) is 4.79 Å². The normalized spacial score (nSPS) is 12.4. The molecular formula is C15H18N2O3. The molecule has 0 bridgehead atoms. The predicted octanol–water partition coefficient (Wildman–Crippen LogP) is 2.93. The molecule has 2 aromatic rings. The van der Waals surface area contributed by atoms with Gasteiger partial charge in [0, 0.05) is 11.4 Å². The van der Waals surface area contributed by atoms with Crippen molar-refractivity contribution < 1.29 is 14.3 Å². The maximum atomic E-state index is 11.0. The molecule has 2 aromatic heterocycles. The van der Waals surface area contributed by atoms with Crippen molar-refractivity contribution in [1.82, 2.24) is 9.97 Å². The first-order chi connectivity index (χ1) is 9.40. The Morgan fingerprint density at radius 2 is 1.90 bits per heavy atom. The zero-order chi connectivity index (χ0) is 14.9. The number of aromatic nitrogens is 2. The van der Waals surface area contributed by atoms with E-state index in [4.69, 9.17) is 9.52 Å². The van der Waals surface area contributed by atoms with E-state index < -0.39 is 11.9 Å². The average Bonchev–Trinajstić information content (AvgIpc) is 2.79. The Morgan fingerprint density at radius 3 is 2.35 bits per heavy atom. The van der Waals surface area contributed by atoms with Gasteiger partial charge in [0.05, 0.1) is 17.7 Å². The molecule has 0 radical (unpaired) electrons. The van der Waals surface area contributed by atoms with Gasteiger partial charge < -0.3 is 9.52 Å². The number of hydrogen-bond acceptors (Lipinski definition) is 4. The largest absolute Gasteiger partial charge is 0.481 e. The molecule has 0 amide bonds. The monoisotopic (exact) mass is 274 g/mol. The Bertz CT molecular complexity index is 623. The highest BCUT2D eigenvalue weighted by atomic mass is 16.4. The first-order valence-electron chi connectivity index (χ1n) is 6.51. The van der Waals surface area contributed by atoms with Crippen LogP contribution in [0.1, 0.15) is 29.6 Å². The fourth-order valence-corrected chi connectivity index (χ4v) is 2.17. The van der Waals surface area contributed by atoms with Crippen molar-refractivity contribution in [3.8, 4) is 11.4 Å². The quantitative estimate of drug-likeness (QED) is 0.927. The van der Waals surface area contributed by atoms with Crippen LogP contribution in [-0.2, 0) is 11.2 Å². The second kappa shape index (κ2) is 5.45. The zero-order valence-corrected chi connectivity index (χ0v) is 12.1. The SMILES string of the molecule is Cc1nc(-c2ccoc2C)nc(C)c1CC(C)C(=O)O. The summed E-state index contributed by atoms with van der Waals surface area (Å²) in [7, 11) is 0. The van der Waals surface area contributed by atoms with Crippen LogP contribution in [0, 0.1) is 26.7 Å². The van der Waals surface area contributed by atoms with Gasteiger partial charge in [0.2, 0.25) is 0 Å². The second-order valence-electron chi connectivity index (χ2n) is 5.03. The Hall–Kier alpha value is -2.17. The molecule has 20 heavy (non-hydrogen) atoms. The molecule has 1 unspecified atom stereocenters. The number of aryl methyl sites for hydroxylation is 3. The fraction of sp³-hybridized carbons (Fsp3) is 0.400. The van der Waals surface area contributed by atoms with Crippen LogP contribution in [0.25, 0.3) is 11.4 Å². The van der Waals surface area contributed by atoms with Gasteiger partial charge in [0.15, 0.2) is 5.82 Å². The highest BCUT2D eigenvalue weighted by molar-refractivity contribution is 5.70. The van der Waals surface area contributed by atoms with Gasteiger partial charge >= 0.3 is 5.97 Å². The highest BCUT2D eigenvalue weighted by Gasteiger charge is 2.18. The van der Waals surface area contributed by atoms with Gasteiger partial charge in [-0.05, 0) is 38.8 Å². The van der Waals surface area contributed by atoms with Crippen molar-refractivity contribution in [2.45, 2.75) is 34.1 Å². The fourth-order valence-electron chi connectivity index (χ4n) is 2.17. The molecule has 0 aromatic carbocycles. The lowest BCUT2D eigenvalue weighted by Crippen LogP contribution is -2.15. The third-order valence-electron chi connectivity index (χ3n) is 3.45. The van der Waals surface area contributed by atoms with E-state index >= 15 is 0 Å². The lowest BCUT2D eigenvalue weighted by molar-refractivity contribution is -0.141. The molecule has 1 atom stereocenters. The first-order valence-corrected chi connectivity index (χ1v) is 6.51. The van der Waals surface area contributed by atoms with Gasteiger partial charge in [-0.3, -0.25) is 4.79 Å². The summed E-state index contributed by atoms with van der Waals surface area (Å²) in [5, 5.41) is 9.01. The molecule has 0 aliphatic rings. The molecule has 0 aliphatic heterocycles. The summed E-state index contributed by atoms with van der Waals surface area (Å²) in [6.45, 7) is 7.33. The average molecular weight is 274 g/mol. The van der Waals surface area contributed by atoms with Crippen LogP contribution in [0.4, 0.5) is 0 Å². The van der Waals surface area contributed by atoms with Crippen molar-refractivity contribution >= 4 is 5.97 Å². The summed E-state index contributed by atoms with van der Waals surface area (Å²) in [6.07, 6.45) is 2.05. The molecule has 2 rings (SSSR count). The minimum absolute atomic E-state index is 0.442. The standard InChI is InChI=1S/C15H18N2O3/c1-8(15(18)19)7-13-9(2)16-14(17-10(13)3)12-5-6-20-11(12)4/h5-6,8H,7H2,1-4H3,(H,18,19). The molecule has 1 N–H and O–H groups in total. The van der Waals surface area contributed by atoms with Crippen LogP contribution in [0.2, 0.25) is 0 Å².